The predicted octanol–water partition coefficient (Wildman–Crippen LogP) is 1.78. The lowest BCUT2D eigenvalue weighted by Crippen LogP contribution is -1.93. The summed E-state index contributed by atoms with van der Waals surface area (Å²) in [7, 11) is 0. The Balaban J connectivity index is 2.00. The van der Waals surface area contributed by atoms with Crippen molar-refractivity contribution in [3.05, 3.63) is 42.7 Å². The van der Waals surface area contributed by atoms with Crippen LogP contribution in [0, 0.1) is 0 Å². The number of hydrogen-bond acceptors (Lipinski definition) is 6. The number of anilines is 1. The van der Waals surface area contributed by atoms with Crippen LogP contribution in [0.3, 0.4) is 0 Å². The number of benzene rings is 1. The van der Waals surface area contributed by atoms with Crippen molar-refractivity contribution in [3.63, 3.8) is 0 Å². The van der Waals surface area contributed by atoms with E-state index >= 15 is 0 Å². The van der Waals surface area contributed by atoms with Gasteiger partial charge < -0.3 is 10.2 Å². The van der Waals surface area contributed by atoms with E-state index in [9.17, 15) is 0 Å². The van der Waals surface area contributed by atoms with E-state index in [1.165, 1.54) is 12.4 Å². The first-order chi connectivity index (χ1) is 8.83. The Bertz CT molecular complexity index is 665. The van der Waals surface area contributed by atoms with E-state index in [2.05, 4.69) is 20.2 Å². The number of rotatable bonds is 2. The lowest BCUT2D eigenvalue weighted by molar-refractivity contribution is 0.582. The Labute approximate surface area is 103 Å². The number of nitrogens with zero attached hydrogens (tertiary/aromatic N) is 4. The molecule has 0 aliphatic carbocycles. The highest BCUT2D eigenvalue weighted by molar-refractivity contribution is 5.55. The number of nitrogen functional groups attached to an aromatic ring is 1. The lowest BCUT2D eigenvalue weighted by Gasteiger charge is -1.95. The largest absolute Gasteiger partial charge is 0.415 e. The molecule has 0 aliphatic heterocycles. The smallest absolute Gasteiger partial charge is 0.268 e. The molecule has 0 fully saturated rings. The van der Waals surface area contributed by atoms with Gasteiger partial charge in [0.25, 0.3) is 5.89 Å². The molecule has 0 unspecified atom stereocenters. The van der Waals surface area contributed by atoms with Crippen molar-refractivity contribution in [2.75, 3.05) is 5.73 Å². The predicted molar refractivity (Wildman–Crippen MR) is 65.2 cm³/mol. The molecular weight excluding hydrogens is 230 g/mol. The Morgan fingerprint density at radius 1 is 0.944 bits per heavy atom. The minimum atomic E-state index is 0.300. The van der Waals surface area contributed by atoms with Gasteiger partial charge in [0, 0.05) is 5.56 Å². The van der Waals surface area contributed by atoms with E-state index in [1.807, 2.05) is 30.3 Å². The molecule has 0 saturated heterocycles. The average Bonchev–Trinajstić information content (AvgIpc) is 2.89. The van der Waals surface area contributed by atoms with Gasteiger partial charge >= 0.3 is 0 Å². The van der Waals surface area contributed by atoms with Crippen LogP contribution in [0.15, 0.2) is 47.1 Å². The average molecular weight is 239 g/mol. The molecule has 1 aromatic carbocycles. The van der Waals surface area contributed by atoms with Crippen molar-refractivity contribution < 1.29 is 4.42 Å². The normalized spacial score (nSPS) is 10.4. The Hall–Kier alpha value is -2.76. The molecule has 2 N–H and O–H groups in total. The molecule has 6 nitrogen and oxygen atoms in total. The van der Waals surface area contributed by atoms with Gasteiger partial charge in [-0.3, -0.25) is 4.98 Å². The van der Waals surface area contributed by atoms with E-state index in [-0.39, 0.29) is 0 Å². The Morgan fingerprint density at radius 2 is 1.72 bits per heavy atom. The van der Waals surface area contributed by atoms with Gasteiger partial charge in [0.05, 0.1) is 12.4 Å². The van der Waals surface area contributed by atoms with Gasteiger partial charge in [-0.15, -0.1) is 10.2 Å². The molecule has 0 saturated carbocycles. The third-order valence-electron chi connectivity index (χ3n) is 2.32. The van der Waals surface area contributed by atoms with Crippen molar-refractivity contribution in [1.29, 1.82) is 0 Å². The Kier molecular flexibility index (Phi) is 2.45. The van der Waals surface area contributed by atoms with Crippen LogP contribution in [0.2, 0.25) is 0 Å². The highest BCUT2D eigenvalue weighted by Gasteiger charge is 2.11. The third-order valence-corrected chi connectivity index (χ3v) is 2.32. The summed E-state index contributed by atoms with van der Waals surface area (Å²) in [5.41, 5.74) is 6.87. The van der Waals surface area contributed by atoms with Crippen LogP contribution in [-0.4, -0.2) is 20.2 Å². The van der Waals surface area contributed by atoms with Crippen LogP contribution in [0.1, 0.15) is 0 Å². The molecule has 0 radical (unpaired) electrons. The molecule has 3 aromatic rings. The molecule has 0 aliphatic rings. The van der Waals surface area contributed by atoms with Crippen LogP contribution >= 0.6 is 0 Å². The van der Waals surface area contributed by atoms with Gasteiger partial charge in [0.2, 0.25) is 5.89 Å². The van der Waals surface area contributed by atoms with Gasteiger partial charge in [-0.2, -0.15) is 0 Å². The van der Waals surface area contributed by atoms with Crippen molar-refractivity contribution in [3.8, 4) is 23.0 Å². The first-order valence-corrected chi connectivity index (χ1v) is 5.30. The summed E-state index contributed by atoms with van der Waals surface area (Å²) in [6.07, 6.45) is 2.98. The third kappa shape index (κ3) is 1.91. The molecule has 18 heavy (non-hydrogen) atoms. The quantitative estimate of drug-likeness (QED) is 0.732. The lowest BCUT2D eigenvalue weighted by atomic mass is 10.2. The first-order valence-electron chi connectivity index (χ1n) is 5.30. The number of nitrogens with two attached hydrogens (primary N) is 1. The second-order valence-corrected chi connectivity index (χ2v) is 3.61. The molecule has 2 aromatic heterocycles. The van der Waals surface area contributed by atoms with Gasteiger partial charge in [-0.05, 0) is 12.1 Å². The fourth-order valence-corrected chi connectivity index (χ4v) is 1.51. The van der Waals surface area contributed by atoms with E-state index in [0.717, 1.165) is 5.56 Å². The summed E-state index contributed by atoms with van der Waals surface area (Å²) in [5.74, 6) is 1.05. The summed E-state index contributed by atoms with van der Waals surface area (Å²) in [5, 5.41) is 7.90. The van der Waals surface area contributed by atoms with E-state index < -0.39 is 0 Å². The Morgan fingerprint density at radius 3 is 2.50 bits per heavy atom. The van der Waals surface area contributed by atoms with E-state index in [4.69, 9.17) is 10.2 Å². The molecule has 88 valence electrons. The minimum Gasteiger partial charge on any atom is -0.415 e. The van der Waals surface area contributed by atoms with Crippen molar-refractivity contribution in [1.82, 2.24) is 20.2 Å². The zero-order chi connectivity index (χ0) is 12.4. The summed E-state index contributed by atoms with van der Waals surface area (Å²) in [4.78, 5) is 8.00. The maximum Gasteiger partial charge on any atom is 0.268 e. The fraction of sp³-hybridized carbons (Fsp3) is 0. The summed E-state index contributed by atoms with van der Waals surface area (Å²) < 4.78 is 5.53. The van der Waals surface area contributed by atoms with Crippen LogP contribution < -0.4 is 5.73 Å². The second-order valence-electron chi connectivity index (χ2n) is 3.61. The number of hydrogen-bond donors (Lipinski definition) is 1. The van der Waals surface area contributed by atoms with Gasteiger partial charge in [-0.25, -0.2) is 4.98 Å². The van der Waals surface area contributed by atoms with E-state index in [0.29, 0.717) is 23.3 Å². The van der Waals surface area contributed by atoms with Crippen LogP contribution in [0.4, 0.5) is 5.82 Å². The second kappa shape index (κ2) is 4.25. The van der Waals surface area contributed by atoms with Crippen molar-refractivity contribution in [2.45, 2.75) is 0 Å². The maximum absolute atomic E-state index is 5.55. The monoisotopic (exact) mass is 239 g/mol. The molecular formula is C12H9N5O. The molecule has 0 spiro atoms. The van der Waals surface area contributed by atoms with Crippen molar-refractivity contribution >= 4 is 5.82 Å². The van der Waals surface area contributed by atoms with Gasteiger partial charge in [0.15, 0.2) is 0 Å². The molecule has 3 rings (SSSR count). The zero-order valence-electron chi connectivity index (χ0n) is 9.32. The summed E-state index contributed by atoms with van der Waals surface area (Å²) in [6.45, 7) is 0. The fourth-order valence-electron chi connectivity index (χ4n) is 1.51. The topological polar surface area (TPSA) is 90.7 Å². The minimum absolute atomic E-state index is 0.300. The van der Waals surface area contributed by atoms with Crippen LogP contribution in [0.25, 0.3) is 23.0 Å². The molecule has 0 amide bonds. The van der Waals surface area contributed by atoms with Crippen LogP contribution in [0.5, 0.6) is 0 Å². The standard InChI is InChI=1S/C12H9N5O/c13-10-7-14-6-9(15-10)12-17-16-11(18-12)8-4-2-1-3-5-8/h1-7H,(H2,13,15). The van der Waals surface area contributed by atoms with Crippen molar-refractivity contribution in [2.24, 2.45) is 0 Å². The molecule has 2 heterocycles. The highest BCUT2D eigenvalue weighted by atomic mass is 16.4. The zero-order valence-corrected chi connectivity index (χ0v) is 9.32. The van der Waals surface area contributed by atoms with Gasteiger partial charge in [-0.1, -0.05) is 18.2 Å². The van der Waals surface area contributed by atoms with E-state index in [1.54, 1.807) is 0 Å². The van der Waals surface area contributed by atoms with Crippen LogP contribution in [-0.2, 0) is 0 Å². The maximum atomic E-state index is 5.55. The summed E-state index contributed by atoms with van der Waals surface area (Å²) in [6, 6.07) is 9.51. The summed E-state index contributed by atoms with van der Waals surface area (Å²) >= 11 is 0. The highest BCUT2D eigenvalue weighted by Crippen LogP contribution is 2.22. The first kappa shape index (κ1) is 10.4. The SMILES string of the molecule is Nc1cncc(-c2nnc(-c3ccccc3)o2)n1. The molecule has 0 atom stereocenters. The number of aromatic nitrogens is 4. The molecule has 0 bridgehead atoms. The molecule has 6 heteroatoms. The van der Waals surface area contributed by atoms with Gasteiger partial charge in [0.1, 0.15) is 11.5 Å².